The van der Waals surface area contributed by atoms with Crippen LogP contribution in [0.25, 0.3) is 0 Å². The van der Waals surface area contributed by atoms with Crippen LogP contribution >= 0.6 is 0 Å². The van der Waals surface area contributed by atoms with Crippen LogP contribution in [-0.4, -0.2) is 14.5 Å². The van der Waals surface area contributed by atoms with Crippen molar-refractivity contribution in [3.8, 4) is 0 Å². The van der Waals surface area contributed by atoms with Gasteiger partial charge in [0.2, 0.25) is 10.0 Å². The van der Waals surface area contributed by atoms with Crippen molar-refractivity contribution in [3.63, 3.8) is 0 Å². The zero-order chi connectivity index (χ0) is 15.0. The number of rotatable bonds is 3. The van der Waals surface area contributed by atoms with Crippen molar-refractivity contribution in [1.29, 1.82) is 0 Å². The molecule has 0 saturated heterocycles. The summed E-state index contributed by atoms with van der Waals surface area (Å²) in [6.45, 7) is 4.24. The Morgan fingerprint density at radius 2 is 2.10 bits per heavy atom. The normalized spacial score (nSPS) is 22.6. The Kier molecular flexibility index (Phi) is 4.07. The van der Waals surface area contributed by atoms with Gasteiger partial charge in [0.25, 0.3) is 0 Å². The smallest absolute Gasteiger partial charge is 0.243 e. The molecule has 0 spiro atoms. The van der Waals surface area contributed by atoms with E-state index in [4.69, 9.17) is 5.73 Å². The van der Waals surface area contributed by atoms with E-state index >= 15 is 0 Å². The second-order valence-corrected chi connectivity index (χ2v) is 7.95. The van der Waals surface area contributed by atoms with Crippen molar-refractivity contribution >= 4 is 15.7 Å². The quantitative estimate of drug-likeness (QED) is 0.843. The van der Waals surface area contributed by atoms with Crippen LogP contribution in [0.3, 0.4) is 0 Å². The van der Waals surface area contributed by atoms with Gasteiger partial charge in [0.1, 0.15) is 10.7 Å². The van der Waals surface area contributed by atoms with Gasteiger partial charge in [-0.2, -0.15) is 0 Å². The molecule has 1 aliphatic carbocycles. The number of anilines is 1. The highest BCUT2D eigenvalue weighted by Crippen LogP contribution is 2.35. The Morgan fingerprint density at radius 1 is 1.40 bits per heavy atom. The topological polar surface area (TPSA) is 72.2 Å². The van der Waals surface area contributed by atoms with Crippen LogP contribution in [0.4, 0.5) is 10.1 Å². The highest BCUT2D eigenvalue weighted by molar-refractivity contribution is 7.89. The van der Waals surface area contributed by atoms with E-state index in [0.29, 0.717) is 0 Å². The standard InChI is InChI=1S/C14H21FN2O2S/c1-14(2)7-3-4-11(9-14)17-20(18,19)13-8-10(16)5-6-12(13)15/h5-6,8,11,17H,3-4,7,9,16H2,1-2H3. The molecule has 1 aromatic carbocycles. The molecule has 0 heterocycles. The molecule has 1 unspecified atom stereocenters. The molecule has 3 N–H and O–H groups in total. The summed E-state index contributed by atoms with van der Waals surface area (Å²) in [5.41, 5.74) is 5.88. The third-order valence-electron chi connectivity index (χ3n) is 3.77. The number of sulfonamides is 1. The molecular weight excluding hydrogens is 279 g/mol. The lowest BCUT2D eigenvalue weighted by atomic mass is 9.75. The van der Waals surface area contributed by atoms with Gasteiger partial charge in [-0.15, -0.1) is 0 Å². The van der Waals surface area contributed by atoms with Crippen LogP contribution in [0.2, 0.25) is 0 Å². The van der Waals surface area contributed by atoms with Crippen molar-refractivity contribution in [3.05, 3.63) is 24.0 Å². The average molecular weight is 300 g/mol. The first-order chi connectivity index (χ1) is 9.20. The molecule has 0 radical (unpaired) electrons. The van der Waals surface area contributed by atoms with Crippen LogP contribution in [0.15, 0.2) is 23.1 Å². The Balaban J connectivity index is 2.21. The van der Waals surface area contributed by atoms with Crippen LogP contribution in [-0.2, 0) is 10.0 Å². The number of nitrogen functional groups attached to an aromatic ring is 1. The molecule has 0 bridgehead atoms. The predicted octanol–water partition coefficient (Wildman–Crippen LogP) is 2.66. The first-order valence-electron chi connectivity index (χ1n) is 6.77. The number of halogens is 1. The molecule has 20 heavy (non-hydrogen) atoms. The number of benzene rings is 1. The molecule has 0 amide bonds. The minimum Gasteiger partial charge on any atom is -0.399 e. The monoisotopic (exact) mass is 300 g/mol. The third kappa shape index (κ3) is 3.49. The summed E-state index contributed by atoms with van der Waals surface area (Å²) in [4.78, 5) is -0.374. The minimum absolute atomic E-state index is 0.111. The zero-order valence-corrected chi connectivity index (χ0v) is 12.6. The van der Waals surface area contributed by atoms with Crippen molar-refractivity contribution in [1.82, 2.24) is 4.72 Å². The van der Waals surface area contributed by atoms with E-state index in [1.807, 2.05) is 0 Å². The highest BCUT2D eigenvalue weighted by atomic mass is 32.2. The lowest BCUT2D eigenvalue weighted by Crippen LogP contribution is -2.40. The number of nitrogens with one attached hydrogen (secondary N) is 1. The maximum Gasteiger partial charge on any atom is 0.243 e. The van der Waals surface area contributed by atoms with Gasteiger partial charge in [0.05, 0.1) is 0 Å². The highest BCUT2D eigenvalue weighted by Gasteiger charge is 2.31. The molecule has 0 aliphatic heterocycles. The number of nitrogens with two attached hydrogens (primary N) is 1. The molecule has 2 rings (SSSR count). The predicted molar refractivity (Wildman–Crippen MR) is 77.2 cm³/mol. The minimum atomic E-state index is -3.87. The summed E-state index contributed by atoms with van der Waals surface area (Å²) < 4.78 is 40.9. The summed E-state index contributed by atoms with van der Waals surface area (Å²) in [5.74, 6) is -0.776. The van der Waals surface area contributed by atoms with E-state index < -0.39 is 15.8 Å². The first kappa shape index (κ1) is 15.3. The molecule has 1 fully saturated rings. The SMILES string of the molecule is CC1(C)CCCC(NS(=O)(=O)c2cc(N)ccc2F)C1. The Bertz CT molecular complexity index is 599. The van der Waals surface area contributed by atoms with Gasteiger partial charge in [0, 0.05) is 11.7 Å². The van der Waals surface area contributed by atoms with E-state index in [1.54, 1.807) is 0 Å². The van der Waals surface area contributed by atoms with Gasteiger partial charge in [0.15, 0.2) is 0 Å². The molecule has 1 saturated carbocycles. The van der Waals surface area contributed by atoms with Gasteiger partial charge in [-0.1, -0.05) is 20.3 Å². The lowest BCUT2D eigenvalue weighted by Gasteiger charge is -2.35. The maximum atomic E-state index is 13.7. The number of hydrogen-bond acceptors (Lipinski definition) is 3. The molecule has 4 nitrogen and oxygen atoms in total. The molecule has 6 heteroatoms. The van der Waals surface area contributed by atoms with Gasteiger partial charge < -0.3 is 5.73 Å². The average Bonchev–Trinajstić information content (AvgIpc) is 2.30. The van der Waals surface area contributed by atoms with Crippen molar-refractivity contribution in [2.24, 2.45) is 5.41 Å². The summed E-state index contributed by atoms with van der Waals surface area (Å²) in [6, 6.07) is 3.43. The molecule has 1 aromatic rings. The molecule has 1 aliphatic rings. The van der Waals surface area contributed by atoms with E-state index in [1.165, 1.54) is 6.07 Å². The van der Waals surface area contributed by atoms with Gasteiger partial charge >= 0.3 is 0 Å². The first-order valence-corrected chi connectivity index (χ1v) is 8.25. The molecule has 112 valence electrons. The van der Waals surface area contributed by atoms with Gasteiger partial charge in [-0.05, 0) is 42.9 Å². The van der Waals surface area contributed by atoms with Crippen molar-refractivity contribution in [2.75, 3.05) is 5.73 Å². The van der Waals surface area contributed by atoms with Crippen LogP contribution in [0, 0.1) is 11.2 Å². The van der Waals surface area contributed by atoms with Crippen LogP contribution in [0.1, 0.15) is 39.5 Å². The molecule has 1 atom stereocenters. The van der Waals surface area contributed by atoms with Crippen molar-refractivity contribution in [2.45, 2.75) is 50.5 Å². The Morgan fingerprint density at radius 3 is 2.75 bits per heavy atom. The molecular formula is C14H21FN2O2S. The van der Waals surface area contributed by atoms with E-state index in [-0.39, 0.29) is 22.0 Å². The van der Waals surface area contributed by atoms with Crippen LogP contribution in [0.5, 0.6) is 0 Å². The fourth-order valence-electron chi connectivity index (χ4n) is 2.81. The molecule has 0 aromatic heterocycles. The second-order valence-electron chi connectivity index (χ2n) is 6.27. The van der Waals surface area contributed by atoms with Crippen LogP contribution < -0.4 is 10.5 Å². The van der Waals surface area contributed by atoms with E-state index in [2.05, 4.69) is 18.6 Å². The lowest BCUT2D eigenvalue weighted by molar-refractivity contribution is 0.212. The largest absolute Gasteiger partial charge is 0.399 e. The van der Waals surface area contributed by atoms with Gasteiger partial charge in [-0.3, -0.25) is 0 Å². The van der Waals surface area contributed by atoms with Crippen molar-refractivity contribution < 1.29 is 12.8 Å². The fourth-order valence-corrected chi connectivity index (χ4v) is 4.19. The summed E-state index contributed by atoms with van der Waals surface area (Å²) in [7, 11) is -3.87. The summed E-state index contributed by atoms with van der Waals surface area (Å²) in [6.07, 6.45) is 3.60. The zero-order valence-electron chi connectivity index (χ0n) is 11.8. The van der Waals surface area contributed by atoms with E-state index in [0.717, 1.165) is 37.8 Å². The summed E-state index contributed by atoms with van der Waals surface area (Å²) >= 11 is 0. The fraction of sp³-hybridized carbons (Fsp3) is 0.571. The van der Waals surface area contributed by atoms with Gasteiger partial charge in [-0.25, -0.2) is 17.5 Å². The second kappa shape index (κ2) is 5.33. The third-order valence-corrected chi connectivity index (χ3v) is 5.31. The number of hydrogen-bond donors (Lipinski definition) is 2. The maximum absolute atomic E-state index is 13.7. The Hall–Kier alpha value is -1.14. The Labute approximate surface area is 119 Å². The summed E-state index contributed by atoms with van der Waals surface area (Å²) in [5, 5.41) is 0. The van der Waals surface area contributed by atoms with E-state index in [9.17, 15) is 12.8 Å².